The maximum absolute atomic E-state index is 12.2. The van der Waals surface area contributed by atoms with Gasteiger partial charge in [0.05, 0.1) is 18.1 Å². The number of anilines is 1. The van der Waals surface area contributed by atoms with E-state index in [1.54, 1.807) is 12.3 Å². The minimum absolute atomic E-state index is 0.170. The van der Waals surface area contributed by atoms with Crippen LogP contribution in [0.15, 0.2) is 5.38 Å². The number of thiazole rings is 1. The van der Waals surface area contributed by atoms with Crippen molar-refractivity contribution in [2.24, 2.45) is 17.8 Å². The lowest BCUT2D eigenvalue weighted by Gasteiger charge is -2.25. The number of carbonyl (C=O) groups is 2. The Morgan fingerprint density at radius 2 is 1.66 bits per heavy atom. The second kappa shape index (κ2) is 19.1. The smallest absolute Gasteiger partial charge is 0.270 e. The highest BCUT2D eigenvalue weighted by Crippen LogP contribution is 2.18. The van der Waals surface area contributed by atoms with Gasteiger partial charge in [0.25, 0.3) is 5.91 Å². The van der Waals surface area contributed by atoms with Gasteiger partial charge in [-0.3, -0.25) is 9.59 Å². The molecule has 3 unspecified atom stereocenters. The fourth-order valence-electron chi connectivity index (χ4n) is 2.21. The van der Waals surface area contributed by atoms with Crippen molar-refractivity contribution in [1.29, 1.82) is 0 Å². The molecule has 10 heteroatoms. The predicted octanol–water partition coefficient (Wildman–Crippen LogP) is 3.77. The summed E-state index contributed by atoms with van der Waals surface area (Å²) in [5, 5.41) is 27.9. The Morgan fingerprint density at radius 3 is 2.12 bits per heavy atom. The number of aliphatic hydroxyl groups excluding tert-OH is 2. The summed E-state index contributed by atoms with van der Waals surface area (Å²) in [6.45, 7) is 16.5. The monoisotopic (exact) mass is 492 g/mol. The van der Waals surface area contributed by atoms with E-state index in [1.807, 2.05) is 34.0 Å². The highest BCUT2D eigenvalue weighted by Gasteiger charge is 2.31. The largest absolute Gasteiger partial charge is 0.390 e. The number of carbonyl (C=O) groups excluding carboxylic acids is 2. The molecule has 0 aliphatic rings. The number of nitrogens with zero attached hydrogens (tertiary/aromatic N) is 1. The molecular formula is C22H44N4O4S2. The number of hydrogen-bond acceptors (Lipinski definition) is 8. The van der Waals surface area contributed by atoms with Crippen molar-refractivity contribution in [1.82, 2.24) is 15.6 Å². The molecule has 0 saturated carbocycles. The van der Waals surface area contributed by atoms with Gasteiger partial charge >= 0.3 is 0 Å². The SMILES string of the molecule is CC.CC(C)C.CCC(C(=O)NCC(C)C)C(O)C(O)CNC(=O)c1csc(NSC)n1. The van der Waals surface area contributed by atoms with Crippen LogP contribution in [0.2, 0.25) is 0 Å². The second-order valence-electron chi connectivity index (χ2n) is 8.00. The molecule has 8 nitrogen and oxygen atoms in total. The van der Waals surface area contributed by atoms with Crippen molar-refractivity contribution in [2.75, 3.05) is 24.1 Å². The third kappa shape index (κ3) is 14.7. The number of aliphatic hydroxyl groups is 2. The van der Waals surface area contributed by atoms with E-state index in [4.69, 9.17) is 0 Å². The molecule has 188 valence electrons. The topological polar surface area (TPSA) is 124 Å². The van der Waals surface area contributed by atoms with Crippen molar-refractivity contribution >= 4 is 40.2 Å². The lowest BCUT2D eigenvalue weighted by atomic mass is 9.94. The van der Waals surface area contributed by atoms with Crippen LogP contribution in [0.5, 0.6) is 0 Å². The summed E-state index contributed by atoms with van der Waals surface area (Å²) in [6.07, 6.45) is -0.292. The fraction of sp³-hybridized carbons (Fsp3) is 0.773. The second-order valence-corrected chi connectivity index (χ2v) is 9.47. The molecule has 0 aliphatic carbocycles. The maximum Gasteiger partial charge on any atom is 0.270 e. The molecule has 3 atom stereocenters. The normalized spacial score (nSPS) is 13.2. The Labute approximate surface area is 202 Å². The molecule has 1 heterocycles. The van der Waals surface area contributed by atoms with Crippen LogP contribution in [-0.4, -0.2) is 58.6 Å². The van der Waals surface area contributed by atoms with Crippen LogP contribution in [0.25, 0.3) is 0 Å². The summed E-state index contributed by atoms with van der Waals surface area (Å²) in [5.74, 6) is -0.357. The highest BCUT2D eigenvalue weighted by atomic mass is 32.2. The first-order valence-electron chi connectivity index (χ1n) is 11.2. The first-order valence-corrected chi connectivity index (χ1v) is 13.3. The van der Waals surface area contributed by atoms with Gasteiger partial charge in [0.1, 0.15) is 5.69 Å². The van der Waals surface area contributed by atoms with Gasteiger partial charge in [0, 0.05) is 24.7 Å². The molecule has 0 fully saturated rings. The van der Waals surface area contributed by atoms with Crippen molar-refractivity contribution in [3.63, 3.8) is 0 Å². The third-order valence-electron chi connectivity index (χ3n) is 3.67. The number of hydrogen-bond donors (Lipinski definition) is 5. The zero-order valence-corrected chi connectivity index (χ0v) is 22.7. The quantitative estimate of drug-likeness (QED) is 0.298. The van der Waals surface area contributed by atoms with E-state index in [0.29, 0.717) is 24.0 Å². The van der Waals surface area contributed by atoms with Crippen LogP contribution in [0, 0.1) is 17.8 Å². The van der Waals surface area contributed by atoms with Crippen LogP contribution in [-0.2, 0) is 4.79 Å². The molecular weight excluding hydrogens is 448 g/mol. The van der Waals surface area contributed by atoms with Gasteiger partial charge in [-0.05, 0) is 18.3 Å². The van der Waals surface area contributed by atoms with Crippen LogP contribution >= 0.6 is 23.3 Å². The van der Waals surface area contributed by atoms with E-state index in [9.17, 15) is 19.8 Å². The predicted molar refractivity (Wildman–Crippen MR) is 137 cm³/mol. The van der Waals surface area contributed by atoms with Crippen molar-refractivity contribution in [2.45, 2.75) is 74.0 Å². The summed E-state index contributed by atoms with van der Waals surface area (Å²) in [4.78, 5) is 28.3. The van der Waals surface area contributed by atoms with Gasteiger partial charge in [-0.1, -0.05) is 67.3 Å². The lowest BCUT2D eigenvalue weighted by molar-refractivity contribution is -0.132. The number of amides is 2. The lowest BCUT2D eigenvalue weighted by Crippen LogP contribution is -2.47. The van der Waals surface area contributed by atoms with Gasteiger partial charge in [0.2, 0.25) is 5.91 Å². The first kappa shape index (κ1) is 32.8. The first-order chi connectivity index (χ1) is 15.0. The molecule has 1 aromatic rings. The van der Waals surface area contributed by atoms with Crippen LogP contribution < -0.4 is 15.4 Å². The number of rotatable bonds is 11. The standard InChI is InChI=1S/C16H28N4O4S2.C4H10.C2H6/c1-5-10(14(23)17-6-9(2)3)13(22)12(21)7-18-15(24)11-8-26-16(19-11)20-25-4;1-4(2)3;1-2/h8-10,12-13,21-22H,5-7H2,1-4H3,(H,17,23)(H,18,24)(H,19,20);4H,1-3H3;1-2H3. The van der Waals surface area contributed by atoms with E-state index in [2.05, 4.69) is 41.1 Å². The van der Waals surface area contributed by atoms with Gasteiger partial charge in [-0.25, -0.2) is 4.98 Å². The van der Waals surface area contributed by atoms with E-state index >= 15 is 0 Å². The zero-order chi connectivity index (χ0) is 25.3. The average Bonchev–Trinajstić information content (AvgIpc) is 3.20. The minimum atomic E-state index is -1.27. The zero-order valence-electron chi connectivity index (χ0n) is 21.1. The Hall–Kier alpha value is -1.36. The summed E-state index contributed by atoms with van der Waals surface area (Å²) < 4.78 is 2.93. The number of aromatic nitrogens is 1. The van der Waals surface area contributed by atoms with Crippen molar-refractivity contribution in [3.8, 4) is 0 Å². The van der Waals surface area contributed by atoms with E-state index < -0.39 is 24.0 Å². The van der Waals surface area contributed by atoms with Crippen LogP contribution in [0.3, 0.4) is 0 Å². The average molecular weight is 493 g/mol. The molecule has 0 aromatic carbocycles. The molecule has 2 amide bonds. The highest BCUT2D eigenvalue weighted by molar-refractivity contribution is 8.00. The van der Waals surface area contributed by atoms with E-state index in [1.165, 1.54) is 23.3 Å². The molecule has 0 aliphatic heterocycles. The summed E-state index contributed by atoms with van der Waals surface area (Å²) in [5.41, 5.74) is 0.231. The Bertz CT molecular complexity index is 624. The number of nitrogens with one attached hydrogen (secondary N) is 3. The molecule has 0 bridgehead atoms. The molecule has 0 saturated heterocycles. The van der Waals surface area contributed by atoms with Crippen molar-refractivity contribution in [3.05, 3.63) is 11.1 Å². The van der Waals surface area contributed by atoms with Crippen LogP contribution in [0.1, 0.15) is 72.3 Å². The summed E-state index contributed by atoms with van der Waals surface area (Å²) in [6, 6.07) is 0. The van der Waals surface area contributed by atoms with Gasteiger partial charge in [-0.15, -0.1) is 11.3 Å². The molecule has 0 spiro atoms. The molecule has 32 heavy (non-hydrogen) atoms. The van der Waals surface area contributed by atoms with E-state index in [-0.39, 0.29) is 18.1 Å². The molecule has 1 rings (SSSR count). The van der Waals surface area contributed by atoms with Gasteiger partial charge < -0.3 is 25.6 Å². The Balaban J connectivity index is 0. The van der Waals surface area contributed by atoms with Crippen molar-refractivity contribution < 1.29 is 19.8 Å². The summed E-state index contributed by atoms with van der Waals surface area (Å²) in [7, 11) is 0. The third-order valence-corrected chi connectivity index (χ3v) is 4.95. The minimum Gasteiger partial charge on any atom is -0.390 e. The van der Waals surface area contributed by atoms with Crippen LogP contribution in [0.4, 0.5) is 5.13 Å². The van der Waals surface area contributed by atoms with E-state index in [0.717, 1.165) is 5.92 Å². The molecule has 5 N–H and O–H groups in total. The maximum atomic E-state index is 12.2. The fourth-order valence-corrected chi connectivity index (χ4v) is 3.40. The molecule has 1 aromatic heterocycles. The summed E-state index contributed by atoms with van der Waals surface area (Å²) >= 11 is 2.67. The van der Waals surface area contributed by atoms with Gasteiger partial charge in [0.15, 0.2) is 5.13 Å². The Morgan fingerprint density at radius 1 is 1.09 bits per heavy atom. The van der Waals surface area contributed by atoms with Gasteiger partial charge in [-0.2, -0.15) is 0 Å². The Kier molecular flexibility index (Phi) is 19.6. The molecule has 0 radical (unpaired) electrons.